The zero-order chi connectivity index (χ0) is 9.97. The minimum absolute atomic E-state index is 0.202. The summed E-state index contributed by atoms with van der Waals surface area (Å²) < 4.78 is 4.69. The Labute approximate surface area is 86.8 Å². The van der Waals surface area contributed by atoms with Gasteiger partial charge in [-0.1, -0.05) is 12.1 Å². The number of hydrogen-bond acceptors (Lipinski definition) is 4. The monoisotopic (exact) mass is 209 g/mol. The van der Waals surface area contributed by atoms with Gasteiger partial charge in [0.2, 0.25) is 0 Å². The van der Waals surface area contributed by atoms with Gasteiger partial charge in [0.25, 0.3) is 0 Å². The van der Waals surface area contributed by atoms with E-state index in [-0.39, 0.29) is 12.0 Å². The molecule has 0 fully saturated rings. The van der Waals surface area contributed by atoms with E-state index in [4.69, 9.17) is 0 Å². The second kappa shape index (κ2) is 3.92. The van der Waals surface area contributed by atoms with Gasteiger partial charge < -0.3 is 10.1 Å². The molecule has 1 atom stereocenters. The maximum atomic E-state index is 11.3. The zero-order valence-electron chi connectivity index (χ0n) is 7.82. The van der Waals surface area contributed by atoms with Gasteiger partial charge in [0, 0.05) is 16.3 Å². The summed E-state index contributed by atoms with van der Waals surface area (Å²) in [6, 6.07) is 7.73. The smallest absolute Gasteiger partial charge is 0.329 e. The molecule has 0 radical (unpaired) electrons. The predicted molar refractivity (Wildman–Crippen MR) is 56.6 cm³/mol. The Morgan fingerprint density at radius 3 is 3.14 bits per heavy atom. The SMILES string of the molecule is COC(=O)C1CSc2ccccc2N1. The van der Waals surface area contributed by atoms with Crippen molar-refractivity contribution in [3.8, 4) is 0 Å². The van der Waals surface area contributed by atoms with Crippen LogP contribution in [0, 0.1) is 0 Å². The van der Waals surface area contributed by atoms with E-state index in [0.717, 1.165) is 11.4 Å². The van der Waals surface area contributed by atoms with Gasteiger partial charge in [-0.05, 0) is 12.1 Å². The van der Waals surface area contributed by atoms with Gasteiger partial charge in [0.1, 0.15) is 6.04 Å². The highest BCUT2D eigenvalue weighted by Gasteiger charge is 2.24. The summed E-state index contributed by atoms with van der Waals surface area (Å²) in [7, 11) is 1.41. The molecule has 1 aromatic rings. The fourth-order valence-corrected chi connectivity index (χ4v) is 2.41. The molecule has 1 N–H and O–H groups in total. The maximum absolute atomic E-state index is 11.3. The van der Waals surface area contributed by atoms with Gasteiger partial charge in [-0.25, -0.2) is 4.79 Å². The molecule has 1 aliphatic rings. The molecule has 0 spiro atoms. The highest BCUT2D eigenvalue weighted by molar-refractivity contribution is 7.99. The standard InChI is InChI=1S/C10H11NO2S/c1-13-10(12)8-6-14-9-5-3-2-4-7(9)11-8/h2-5,8,11H,6H2,1H3. The third kappa shape index (κ3) is 1.70. The highest BCUT2D eigenvalue weighted by Crippen LogP contribution is 2.32. The van der Waals surface area contributed by atoms with Gasteiger partial charge in [-0.2, -0.15) is 0 Å². The van der Waals surface area contributed by atoms with E-state index < -0.39 is 0 Å². The molecule has 4 heteroatoms. The van der Waals surface area contributed by atoms with E-state index >= 15 is 0 Å². The summed E-state index contributed by atoms with van der Waals surface area (Å²) in [5, 5.41) is 3.15. The van der Waals surface area contributed by atoms with Crippen LogP contribution in [0.25, 0.3) is 0 Å². The van der Waals surface area contributed by atoms with Crippen molar-refractivity contribution < 1.29 is 9.53 Å². The van der Waals surface area contributed by atoms with Gasteiger partial charge in [0.05, 0.1) is 7.11 Å². The Balaban J connectivity index is 2.17. The van der Waals surface area contributed by atoms with Crippen molar-refractivity contribution in [1.82, 2.24) is 0 Å². The van der Waals surface area contributed by atoms with Crippen LogP contribution < -0.4 is 5.32 Å². The first kappa shape index (κ1) is 9.40. The third-order valence-corrected chi connectivity index (χ3v) is 3.27. The van der Waals surface area contributed by atoms with Crippen LogP contribution in [0.5, 0.6) is 0 Å². The molecule has 1 aliphatic heterocycles. The molecule has 2 rings (SSSR count). The first-order chi connectivity index (χ1) is 6.81. The summed E-state index contributed by atoms with van der Waals surface area (Å²) in [6.45, 7) is 0. The lowest BCUT2D eigenvalue weighted by Gasteiger charge is -2.24. The number of benzene rings is 1. The Hall–Kier alpha value is -1.16. The van der Waals surface area contributed by atoms with E-state index in [1.807, 2.05) is 24.3 Å². The summed E-state index contributed by atoms with van der Waals surface area (Å²) >= 11 is 1.68. The second-order valence-electron chi connectivity index (χ2n) is 3.03. The zero-order valence-corrected chi connectivity index (χ0v) is 8.64. The van der Waals surface area contributed by atoms with Gasteiger partial charge in [-0.3, -0.25) is 0 Å². The van der Waals surface area contributed by atoms with Crippen molar-refractivity contribution in [3.63, 3.8) is 0 Å². The van der Waals surface area contributed by atoms with Crippen molar-refractivity contribution in [2.24, 2.45) is 0 Å². The summed E-state index contributed by atoms with van der Waals surface area (Å²) in [5.74, 6) is 0.524. The lowest BCUT2D eigenvalue weighted by Crippen LogP contribution is -2.35. The third-order valence-electron chi connectivity index (χ3n) is 2.11. The van der Waals surface area contributed by atoms with E-state index in [2.05, 4.69) is 10.1 Å². The number of para-hydroxylation sites is 1. The fourth-order valence-electron chi connectivity index (χ4n) is 1.38. The van der Waals surface area contributed by atoms with Crippen LogP contribution in [0.1, 0.15) is 0 Å². The number of rotatable bonds is 1. The number of esters is 1. The molecule has 1 heterocycles. The first-order valence-electron chi connectivity index (χ1n) is 4.37. The topological polar surface area (TPSA) is 38.3 Å². The molecule has 14 heavy (non-hydrogen) atoms. The average molecular weight is 209 g/mol. The molecule has 0 bridgehead atoms. The normalized spacial score (nSPS) is 19.4. The number of methoxy groups -OCH3 is 1. The minimum atomic E-state index is -0.222. The molecule has 0 aromatic heterocycles. The number of fused-ring (bicyclic) bond motifs is 1. The van der Waals surface area contributed by atoms with Gasteiger partial charge in [0.15, 0.2) is 0 Å². The summed E-state index contributed by atoms with van der Waals surface area (Å²) in [5.41, 5.74) is 1.01. The molecule has 1 unspecified atom stereocenters. The minimum Gasteiger partial charge on any atom is -0.467 e. The molecule has 0 amide bonds. The quantitative estimate of drug-likeness (QED) is 0.715. The molecule has 0 saturated carbocycles. The van der Waals surface area contributed by atoms with Gasteiger partial charge in [-0.15, -0.1) is 11.8 Å². The lowest BCUT2D eigenvalue weighted by molar-refractivity contribution is -0.141. The Morgan fingerprint density at radius 1 is 1.57 bits per heavy atom. The van der Waals surface area contributed by atoms with Gasteiger partial charge >= 0.3 is 5.97 Å². The number of anilines is 1. The van der Waals surface area contributed by atoms with Crippen LogP contribution in [0.4, 0.5) is 5.69 Å². The number of hydrogen-bond donors (Lipinski definition) is 1. The fraction of sp³-hybridized carbons (Fsp3) is 0.300. The van der Waals surface area contributed by atoms with Crippen LogP contribution >= 0.6 is 11.8 Å². The Bertz CT molecular complexity index is 354. The molecule has 0 aliphatic carbocycles. The Morgan fingerprint density at radius 2 is 2.36 bits per heavy atom. The summed E-state index contributed by atoms with van der Waals surface area (Å²) in [4.78, 5) is 12.5. The first-order valence-corrected chi connectivity index (χ1v) is 5.36. The van der Waals surface area contributed by atoms with Crippen molar-refractivity contribution in [2.75, 3.05) is 18.2 Å². The highest BCUT2D eigenvalue weighted by atomic mass is 32.2. The number of carbonyl (C=O) groups is 1. The van der Waals surface area contributed by atoms with Crippen LogP contribution in [0.15, 0.2) is 29.2 Å². The van der Waals surface area contributed by atoms with Crippen LogP contribution in [0.2, 0.25) is 0 Å². The Kier molecular flexibility index (Phi) is 2.63. The number of carbonyl (C=O) groups excluding carboxylic acids is 1. The van der Waals surface area contributed by atoms with Crippen molar-refractivity contribution in [1.29, 1.82) is 0 Å². The van der Waals surface area contributed by atoms with E-state index in [1.54, 1.807) is 11.8 Å². The lowest BCUT2D eigenvalue weighted by atomic mass is 10.2. The molecular formula is C10H11NO2S. The number of ether oxygens (including phenoxy) is 1. The van der Waals surface area contributed by atoms with Crippen molar-refractivity contribution in [3.05, 3.63) is 24.3 Å². The van der Waals surface area contributed by atoms with Crippen molar-refractivity contribution >= 4 is 23.4 Å². The van der Waals surface area contributed by atoms with Crippen LogP contribution in [0.3, 0.4) is 0 Å². The summed E-state index contributed by atoms with van der Waals surface area (Å²) in [6.07, 6.45) is 0. The van der Waals surface area contributed by atoms with Crippen LogP contribution in [-0.4, -0.2) is 24.9 Å². The number of nitrogens with one attached hydrogen (secondary N) is 1. The molecular weight excluding hydrogens is 198 g/mol. The van der Waals surface area contributed by atoms with E-state index in [9.17, 15) is 4.79 Å². The van der Waals surface area contributed by atoms with E-state index in [0.29, 0.717) is 0 Å². The second-order valence-corrected chi connectivity index (χ2v) is 4.09. The largest absolute Gasteiger partial charge is 0.467 e. The maximum Gasteiger partial charge on any atom is 0.329 e. The van der Waals surface area contributed by atoms with Crippen LogP contribution in [-0.2, 0) is 9.53 Å². The van der Waals surface area contributed by atoms with E-state index in [1.165, 1.54) is 12.0 Å². The molecule has 3 nitrogen and oxygen atoms in total. The molecule has 0 saturated heterocycles. The molecule has 1 aromatic carbocycles. The van der Waals surface area contributed by atoms with Crippen molar-refractivity contribution in [2.45, 2.75) is 10.9 Å². The predicted octanol–water partition coefficient (Wildman–Crippen LogP) is 1.75. The number of thioether (sulfide) groups is 1. The molecule has 74 valence electrons. The average Bonchev–Trinajstić information content (AvgIpc) is 2.27.